The van der Waals surface area contributed by atoms with Crippen molar-refractivity contribution in [1.29, 1.82) is 0 Å². The molecule has 162 valence electrons. The zero-order valence-electron chi connectivity index (χ0n) is 16.8. The summed E-state index contributed by atoms with van der Waals surface area (Å²) in [5.74, 6) is -2.27. The molecule has 30 heavy (non-hydrogen) atoms. The van der Waals surface area contributed by atoms with Crippen LogP contribution >= 0.6 is 11.8 Å². The molecule has 1 saturated heterocycles. The molecule has 0 amide bonds. The van der Waals surface area contributed by atoms with Crippen LogP contribution in [0.3, 0.4) is 0 Å². The van der Waals surface area contributed by atoms with Crippen LogP contribution in [0, 0.1) is 11.6 Å². The molecule has 0 spiro atoms. The molecule has 0 N–H and O–H groups in total. The number of piperazine rings is 1. The first-order chi connectivity index (χ1) is 14.3. The van der Waals surface area contributed by atoms with Gasteiger partial charge < -0.3 is 5.11 Å². The minimum absolute atomic E-state index is 0.0419. The first kappa shape index (κ1) is 22.2. The molecule has 2 heterocycles. The van der Waals surface area contributed by atoms with Gasteiger partial charge in [0.2, 0.25) is 10.4 Å². The van der Waals surface area contributed by atoms with Gasteiger partial charge in [-0.1, -0.05) is 17.8 Å². The lowest BCUT2D eigenvalue weighted by atomic mass is 10.2. The van der Waals surface area contributed by atoms with E-state index in [2.05, 4.69) is 29.0 Å². The Hall–Kier alpha value is -2.53. The van der Waals surface area contributed by atoms with Crippen LogP contribution in [0.25, 0.3) is 0 Å². The van der Waals surface area contributed by atoms with E-state index in [-0.39, 0.29) is 18.1 Å². The smallest absolute Gasteiger partial charge is 0.324 e. The Bertz CT molecular complexity index is 893. The second-order valence-electron chi connectivity index (χ2n) is 7.03. The van der Waals surface area contributed by atoms with E-state index in [1.165, 1.54) is 17.1 Å². The fraction of sp³-hybridized carbons (Fsp3) is 0.474. The standard InChI is InChI=1S/C19H23F2N5O3S/c1-13(2)24-7-9-25(10-8-24)26-12-17(29-23-26)22-16(27)6-11-30-19(28)18-14(20)4-3-5-15(18)21/h3-5,12-13H,6-11H2,1-2H3. The Morgan fingerprint density at radius 1 is 1.30 bits per heavy atom. The molecular weight excluding hydrogens is 416 g/mol. The largest absolute Gasteiger partial charge is 0.862 e. The van der Waals surface area contributed by atoms with Crippen molar-refractivity contribution in [2.75, 3.05) is 36.9 Å². The highest BCUT2D eigenvalue weighted by atomic mass is 32.2. The summed E-state index contributed by atoms with van der Waals surface area (Å²) < 4.78 is 32.3. The number of benzene rings is 1. The fourth-order valence-electron chi connectivity index (χ4n) is 3.02. The second-order valence-corrected chi connectivity index (χ2v) is 8.10. The molecule has 0 saturated carbocycles. The summed E-state index contributed by atoms with van der Waals surface area (Å²) in [6, 6.07) is 3.69. The van der Waals surface area contributed by atoms with Gasteiger partial charge >= 0.3 is 5.88 Å². The topological polar surface area (TPSA) is 88.9 Å². The average molecular weight is 439 g/mol. The lowest BCUT2D eigenvalue weighted by molar-refractivity contribution is -0.759. The monoisotopic (exact) mass is 439 g/mol. The molecule has 1 aromatic heterocycles. The summed E-state index contributed by atoms with van der Waals surface area (Å²) in [7, 11) is 0. The highest BCUT2D eigenvalue weighted by Crippen LogP contribution is 2.20. The number of hydrogen-bond donors (Lipinski definition) is 0. The molecule has 0 bridgehead atoms. The number of rotatable bonds is 7. The molecule has 0 unspecified atom stereocenters. The summed E-state index contributed by atoms with van der Waals surface area (Å²) in [5.41, 5.74) is -0.610. The maximum absolute atomic E-state index is 13.6. The molecule has 0 radical (unpaired) electrons. The van der Waals surface area contributed by atoms with Crippen LogP contribution in [0.1, 0.15) is 30.6 Å². The fourth-order valence-corrected chi connectivity index (χ4v) is 3.82. The van der Waals surface area contributed by atoms with E-state index >= 15 is 0 Å². The molecule has 2 aromatic rings. The number of carbonyl (C=O) groups excluding carboxylic acids is 1. The van der Waals surface area contributed by atoms with Gasteiger partial charge in [0.1, 0.15) is 17.2 Å². The Balaban J connectivity index is 1.50. The highest BCUT2D eigenvalue weighted by molar-refractivity contribution is 8.14. The Labute approximate surface area is 177 Å². The number of aromatic nitrogens is 2. The van der Waals surface area contributed by atoms with E-state index in [9.17, 15) is 18.7 Å². The van der Waals surface area contributed by atoms with Gasteiger partial charge in [0, 0.05) is 24.9 Å². The molecule has 1 aliphatic heterocycles. The van der Waals surface area contributed by atoms with Gasteiger partial charge in [0.15, 0.2) is 0 Å². The maximum Gasteiger partial charge on any atom is 0.324 e. The predicted octanol–water partition coefficient (Wildman–Crippen LogP) is 1.26. The van der Waals surface area contributed by atoms with Crippen molar-refractivity contribution in [2.24, 2.45) is 4.99 Å². The summed E-state index contributed by atoms with van der Waals surface area (Å²) in [6.07, 6.45) is 1.44. The van der Waals surface area contributed by atoms with Crippen molar-refractivity contribution in [3.63, 3.8) is 0 Å². The number of thioether (sulfide) groups is 1. The first-order valence-corrected chi connectivity index (χ1v) is 10.6. The van der Waals surface area contributed by atoms with Crippen LogP contribution in [0.4, 0.5) is 14.7 Å². The molecule has 0 atom stereocenters. The van der Waals surface area contributed by atoms with Gasteiger partial charge in [-0.05, 0) is 38.3 Å². The SMILES string of the molecule is CC(C)N1CCN([n+]2cc(N=C([O-])CCSC(=O)c3c(F)cccc3F)on2)CC1. The van der Waals surface area contributed by atoms with E-state index in [0.717, 1.165) is 38.3 Å². The Kier molecular flexibility index (Phi) is 7.38. The average Bonchev–Trinajstić information content (AvgIpc) is 3.16. The van der Waals surface area contributed by atoms with Gasteiger partial charge in [0.05, 0.1) is 17.9 Å². The third-order valence-corrected chi connectivity index (χ3v) is 5.58. The van der Waals surface area contributed by atoms with Crippen molar-refractivity contribution in [3.8, 4) is 0 Å². The predicted molar refractivity (Wildman–Crippen MR) is 106 cm³/mol. The third-order valence-electron chi connectivity index (χ3n) is 4.71. The van der Waals surface area contributed by atoms with Crippen molar-refractivity contribution >= 4 is 28.7 Å². The molecule has 3 rings (SSSR count). The van der Waals surface area contributed by atoms with Crippen LogP contribution < -0.4 is 14.9 Å². The molecule has 1 fully saturated rings. The Morgan fingerprint density at radius 2 is 1.97 bits per heavy atom. The van der Waals surface area contributed by atoms with Gasteiger partial charge in [-0.2, -0.15) is 5.01 Å². The number of hydrogen-bond acceptors (Lipinski definition) is 8. The number of nitrogens with zero attached hydrogens (tertiary/aromatic N) is 5. The van der Waals surface area contributed by atoms with Crippen molar-refractivity contribution in [2.45, 2.75) is 26.3 Å². The molecule has 1 aliphatic rings. The molecule has 8 nitrogen and oxygen atoms in total. The van der Waals surface area contributed by atoms with Gasteiger partial charge in [0.25, 0.3) is 6.20 Å². The van der Waals surface area contributed by atoms with Gasteiger partial charge in [-0.15, -0.1) is 0 Å². The van der Waals surface area contributed by atoms with E-state index in [1.807, 2.05) is 5.01 Å². The van der Waals surface area contributed by atoms with Crippen molar-refractivity contribution in [1.82, 2.24) is 10.2 Å². The van der Waals surface area contributed by atoms with Crippen LogP contribution in [0.2, 0.25) is 0 Å². The van der Waals surface area contributed by atoms with Crippen molar-refractivity contribution in [3.05, 3.63) is 41.6 Å². The Morgan fingerprint density at radius 3 is 2.60 bits per heavy atom. The van der Waals surface area contributed by atoms with E-state index in [4.69, 9.17) is 4.52 Å². The molecule has 0 aliphatic carbocycles. The lowest BCUT2D eigenvalue weighted by Crippen LogP contribution is -2.65. The highest BCUT2D eigenvalue weighted by Gasteiger charge is 2.26. The molecule has 11 heteroatoms. The first-order valence-electron chi connectivity index (χ1n) is 9.59. The van der Waals surface area contributed by atoms with Crippen LogP contribution in [-0.2, 0) is 0 Å². The van der Waals surface area contributed by atoms with Crippen molar-refractivity contribution < 1.29 is 28.0 Å². The minimum atomic E-state index is -0.927. The molecule has 1 aromatic carbocycles. The van der Waals surface area contributed by atoms with Crippen LogP contribution in [-0.4, -0.2) is 59.2 Å². The summed E-state index contributed by atoms with van der Waals surface area (Å²) in [4.78, 5) is 19.7. The van der Waals surface area contributed by atoms with E-state index in [0.29, 0.717) is 17.8 Å². The summed E-state index contributed by atoms with van der Waals surface area (Å²) in [5, 5.41) is 17.1. The van der Waals surface area contributed by atoms with Gasteiger partial charge in [-0.25, -0.2) is 13.8 Å². The maximum atomic E-state index is 13.6. The minimum Gasteiger partial charge on any atom is -0.862 e. The zero-order valence-corrected chi connectivity index (χ0v) is 17.6. The third kappa shape index (κ3) is 5.54. The second kappa shape index (κ2) is 9.98. The van der Waals surface area contributed by atoms with Gasteiger partial charge in [-0.3, -0.25) is 14.2 Å². The van der Waals surface area contributed by atoms with Crippen LogP contribution in [0.15, 0.2) is 33.9 Å². The van der Waals surface area contributed by atoms with E-state index in [1.54, 1.807) is 0 Å². The normalized spacial score (nSPS) is 15.8. The number of aliphatic imine (C=N–C) groups is 1. The van der Waals surface area contributed by atoms with Crippen LogP contribution in [0.5, 0.6) is 0 Å². The lowest BCUT2D eigenvalue weighted by Gasteiger charge is -2.32. The summed E-state index contributed by atoms with van der Waals surface area (Å²) in [6.45, 7) is 7.65. The quantitative estimate of drug-likeness (QED) is 0.365. The number of carbonyl (C=O) groups is 1. The number of halogens is 2. The summed E-state index contributed by atoms with van der Waals surface area (Å²) >= 11 is 0.663. The molecular formula is C19H23F2N5O3S. The zero-order chi connectivity index (χ0) is 21.7. The van der Waals surface area contributed by atoms with E-state index < -0.39 is 28.2 Å².